The molecule has 3 nitrogen and oxygen atoms in total. The van der Waals surface area contributed by atoms with Crippen LogP contribution in [0, 0.1) is 18.7 Å². The largest absolute Gasteiger partial charge is 0.368 e. The molecule has 0 aromatic heterocycles. The van der Waals surface area contributed by atoms with Crippen LogP contribution in [-0.2, 0) is 9.53 Å². The molecule has 0 heterocycles. The molecule has 0 aliphatic heterocycles. The monoisotopic (exact) mass is 253 g/mol. The molecule has 0 unspecified atom stereocenters. The summed E-state index contributed by atoms with van der Waals surface area (Å²) in [6.45, 7) is 8.04. The van der Waals surface area contributed by atoms with Gasteiger partial charge in [0.05, 0.1) is 0 Å². The van der Waals surface area contributed by atoms with Crippen molar-refractivity contribution in [3.63, 3.8) is 0 Å². The number of aryl methyl sites for hydroxylation is 1. The van der Waals surface area contributed by atoms with Crippen molar-refractivity contribution in [2.45, 2.75) is 33.8 Å². The van der Waals surface area contributed by atoms with Crippen molar-refractivity contribution in [2.24, 2.45) is 5.92 Å². The summed E-state index contributed by atoms with van der Waals surface area (Å²) in [6, 6.07) is 4.26. The lowest BCUT2D eigenvalue weighted by molar-refractivity contribution is -0.126. The lowest BCUT2D eigenvalue weighted by Gasteiger charge is -2.15. The Balaban J connectivity index is 2.58. The predicted molar refractivity (Wildman–Crippen MR) is 70.0 cm³/mol. The van der Waals surface area contributed by atoms with Gasteiger partial charge in [0.25, 0.3) is 5.91 Å². The first-order chi connectivity index (χ1) is 8.40. The Morgan fingerprint density at radius 1 is 1.39 bits per heavy atom. The summed E-state index contributed by atoms with van der Waals surface area (Å²) in [5, 5.41) is 2.73. The van der Waals surface area contributed by atoms with Gasteiger partial charge in [-0.3, -0.25) is 4.79 Å². The van der Waals surface area contributed by atoms with E-state index in [0.717, 1.165) is 0 Å². The van der Waals surface area contributed by atoms with Gasteiger partial charge in [-0.05, 0) is 43.5 Å². The van der Waals surface area contributed by atoms with E-state index >= 15 is 0 Å². The van der Waals surface area contributed by atoms with Crippen LogP contribution in [0.15, 0.2) is 18.2 Å². The van der Waals surface area contributed by atoms with Crippen LogP contribution in [0.25, 0.3) is 0 Å². The van der Waals surface area contributed by atoms with E-state index in [9.17, 15) is 9.18 Å². The quantitative estimate of drug-likeness (QED) is 0.875. The Labute approximate surface area is 107 Å². The average Bonchev–Trinajstić information content (AvgIpc) is 2.29. The van der Waals surface area contributed by atoms with E-state index < -0.39 is 6.10 Å². The van der Waals surface area contributed by atoms with Crippen LogP contribution < -0.4 is 5.32 Å². The van der Waals surface area contributed by atoms with Gasteiger partial charge in [0.15, 0.2) is 0 Å². The molecule has 0 radical (unpaired) electrons. The van der Waals surface area contributed by atoms with Crippen LogP contribution in [0.3, 0.4) is 0 Å². The number of hydrogen-bond donors (Lipinski definition) is 1. The van der Waals surface area contributed by atoms with Crippen molar-refractivity contribution in [2.75, 3.05) is 11.9 Å². The van der Waals surface area contributed by atoms with Crippen LogP contribution in [0.4, 0.5) is 10.1 Å². The number of ether oxygens (including phenoxy) is 1. The maximum Gasteiger partial charge on any atom is 0.253 e. The zero-order valence-corrected chi connectivity index (χ0v) is 11.3. The predicted octanol–water partition coefficient (Wildman–Crippen LogP) is 3.13. The number of carbonyl (C=O) groups is 1. The van der Waals surface area contributed by atoms with E-state index in [-0.39, 0.29) is 11.7 Å². The third kappa shape index (κ3) is 4.45. The first-order valence-electron chi connectivity index (χ1n) is 6.08. The number of benzene rings is 1. The van der Waals surface area contributed by atoms with E-state index in [2.05, 4.69) is 5.32 Å². The van der Waals surface area contributed by atoms with Gasteiger partial charge >= 0.3 is 0 Å². The Hall–Kier alpha value is -1.42. The number of nitrogens with one attached hydrogen (secondary N) is 1. The summed E-state index contributed by atoms with van der Waals surface area (Å²) in [7, 11) is 0. The maximum absolute atomic E-state index is 12.9. The van der Waals surface area contributed by atoms with E-state index in [1.807, 2.05) is 13.8 Å². The van der Waals surface area contributed by atoms with Gasteiger partial charge < -0.3 is 10.1 Å². The number of halogens is 1. The highest BCUT2D eigenvalue weighted by Crippen LogP contribution is 2.16. The minimum Gasteiger partial charge on any atom is -0.368 e. The Bertz CT molecular complexity index is 418. The maximum atomic E-state index is 12.9. The van der Waals surface area contributed by atoms with E-state index in [4.69, 9.17) is 4.74 Å². The van der Waals surface area contributed by atoms with Crippen molar-refractivity contribution in [1.29, 1.82) is 0 Å². The molecular formula is C14H20FNO2. The van der Waals surface area contributed by atoms with Gasteiger partial charge in [-0.15, -0.1) is 0 Å². The fourth-order valence-corrected chi connectivity index (χ4v) is 1.41. The molecule has 1 aromatic carbocycles. The van der Waals surface area contributed by atoms with Crippen molar-refractivity contribution >= 4 is 11.6 Å². The Kier molecular flexibility index (Phi) is 5.28. The second-order valence-corrected chi connectivity index (χ2v) is 4.82. The summed E-state index contributed by atoms with van der Waals surface area (Å²) < 4.78 is 18.3. The van der Waals surface area contributed by atoms with Gasteiger partial charge in [-0.25, -0.2) is 4.39 Å². The minimum absolute atomic E-state index is 0.217. The molecule has 0 saturated heterocycles. The molecule has 4 heteroatoms. The summed E-state index contributed by atoms with van der Waals surface area (Å²) in [5.74, 6) is -0.146. The first-order valence-corrected chi connectivity index (χ1v) is 6.08. The van der Waals surface area contributed by atoms with Crippen molar-refractivity contribution in [3.05, 3.63) is 29.6 Å². The summed E-state index contributed by atoms with van der Waals surface area (Å²) >= 11 is 0. The summed E-state index contributed by atoms with van der Waals surface area (Å²) in [6.07, 6.45) is -0.517. The van der Waals surface area contributed by atoms with Gasteiger partial charge in [-0.2, -0.15) is 0 Å². The molecule has 1 atom stereocenters. The summed E-state index contributed by atoms with van der Waals surface area (Å²) in [5.41, 5.74) is 1.31. The molecule has 100 valence electrons. The SMILES string of the molecule is Cc1cc(F)ccc1NC(=O)[C@H](C)OCC(C)C. The van der Waals surface area contributed by atoms with Crippen LogP contribution in [0.1, 0.15) is 26.3 Å². The molecule has 0 bridgehead atoms. The standard InChI is InChI=1S/C14H20FNO2/c1-9(2)8-18-11(4)14(17)16-13-6-5-12(15)7-10(13)3/h5-7,9,11H,8H2,1-4H3,(H,16,17)/t11-/m0/s1. The zero-order valence-electron chi connectivity index (χ0n) is 11.3. The molecule has 1 N–H and O–H groups in total. The number of carbonyl (C=O) groups excluding carboxylic acids is 1. The lowest BCUT2D eigenvalue weighted by Crippen LogP contribution is -2.29. The van der Waals surface area contributed by atoms with E-state index in [1.54, 1.807) is 19.9 Å². The van der Waals surface area contributed by atoms with Gasteiger partial charge in [0.1, 0.15) is 11.9 Å². The van der Waals surface area contributed by atoms with Gasteiger partial charge in [0.2, 0.25) is 0 Å². The smallest absolute Gasteiger partial charge is 0.253 e. The molecule has 0 fully saturated rings. The number of anilines is 1. The number of rotatable bonds is 5. The highest BCUT2D eigenvalue weighted by atomic mass is 19.1. The third-order valence-corrected chi connectivity index (χ3v) is 2.50. The Morgan fingerprint density at radius 3 is 2.61 bits per heavy atom. The molecule has 0 spiro atoms. The second-order valence-electron chi connectivity index (χ2n) is 4.82. The topological polar surface area (TPSA) is 38.3 Å². The fourth-order valence-electron chi connectivity index (χ4n) is 1.41. The van der Waals surface area contributed by atoms with Crippen molar-refractivity contribution in [1.82, 2.24) is 0 Å². The second kappa shape index (κ2) is 6.50. The number of amides is 1. The van der Waals surface area contributed by atoms with E-state index in [0.29, 0.717) is 23.8 Å². The molecule has 18 heavy (non-hydrogen) atoms. The minimum atomic E-state index is -0.517. The third-order valence-electron chi connectivity index (χ3n) is 2.50. The van der Waals surface area contributed by atoms with Crippen LogP contribution in [0.2, 0.25) is 0 Å². The highest BCUT2D eigenvalue weighted by Gasteiger charge is 2.14. The molecule has 0 aliphatic carbocycles. The van der Waals surface area contributed by atoms with Crippen molar-refractivity contribution in [3.8, 4) is 0 Å². The van der Waals surface area contributed by atoms with Crippen molar-refractivity contribution < 1.29 is 13.9 Å². The lowest BCUT2D eigenvalue weighted by atomic mass is 10.2. The first kappa shape index (κ1) is 14.6. The summed E-state index contributed by atoms with van der Waals surface area (Å²) in [4.78, 5) is 11.8. The molecule has 1 rings (SSSR count). The van der Waals surface area contributed by atoms with Crippen LogP contribution in [-0.4, -0.2) is 18.6 Å². The van der Waals surface area contributed by atoms with Crippen LogP contribution in [0.5, 0.6) is 0 Å². The molecular weight excluding hydrogens is 233 g/mol. The van der Waals surface area contributed by atoms with Gasteiger partial charge in [0, 0.05) is 12.3 Å². The normalized spacial score (nSPS) is 12.6. The molecule has 1 amide bonds. The molecule has 0 saturated carbocycles. The zero-order chi connectivity index (χ0) is 13.7. The van der Waals surface area contributed by atoms with Crippen LogP contribution >= 0.6 is 0 Å². The highest BCUT2D eigenvalue weighted by molar-refractivity contribution is 5.94. The molecule has 1 aromatic rings. The average molecular weight is 253 g/mol. The van der Waals surface area contributed by atoms with E-state index in [1.165, 1.54) is 12.1 Å². The molecule has 0 aliphatic rings. The Morgan fingerprint density at radius 2 is 2.06 bits per heavy atom. The number of hydrogen-bond acceptors (Lipinski definition) is 2. The fraction of sp³-hybridized carbons (Fsp3) is 0.500. The van der Waals surface area contributed by atoms with Gasteiger partial charge in [-0.1, -0.05) is 13.8 Å².